The monoisotopic (exact) mass is 360 g/mol. The minimum Gasteiger partial charge on any atom is -0.497 e. The second-order valence-corrected chi connectivity index (χ2v) is 7.96. The summed E-state index contributed by atoms with van der Waals surface area (Å²) in [6.07, 6.45) is 1.73. The van der Waals surface area contributed by atoms with Crippen LogP contribution in [0.3, 0.4) is 0 Å². The molecule has 0 spiro atoms. The van der Waals surface area contributed by atoms with Gasteiger partial charge < -0.3 is 15.0 Å². The number of rotatable bonds is 4. The van der Waals surface area contributed by atoms with E-state index in [0.717, 1.165) is 30.1 Å². The number of methoxy groups -OCH3 is 1. The third kappa shape index (κ3) is 3.92. The van der Waals surface area contributed by atoms with E-state index in [1.165, 1.54) is 11.5 Å². The van der Waals surface area contributed by atoms with Gasteiger partial charge in [-0.3, -0.25) is 4.79 Å². The maximum atomic E-state index is 12.9. The first-order chi connectivity index (χ1) is 11.9. The zero-order valence-corrected chi connectivity index (χ0v) is 15.9. The molecule has 1 aromatic heterocycles. The zero-order valence-electron chi connectivity index (χ0n) is 15.1. The summed E-state index contributed by atoms with van der Waals surface area (Å²) in [4.78, 5) is 19.3. The van der Waals surface area contributed by atoms with Gasteiger partial charge in [0.15, 0.2) is 0 Å². The molecule has 2 aromatic rings. The Kier molecular flexibility index (Phi) is 4.94. The predicted molar refractivity (Wildman–Crippen MR) is 101 cm³/mol. The molecular formula is C18H24N4O2S. The van der Waals surface area contributed by atoms with Crippen LogP contribution in [0, 0.1) is 0 Å². The van der Waals surface area contributed by atoms with Gasteiger partial charge in [-0.25, -0.2) is 4.98 Å². The molecule has 1 aliphatic rings. The smallest absolute Gasteiger partial charge is 0.249 e. The minimum atomic E-state index is -0.277. The second kappa shape index (κ2) is 7.00. The lowest BCUT2D eigenvalue weighted by atomic mass is 9.96. The third-order valence-electron chi connectivity index (χ3n) is 4.20. The fourth-order valence-electron chi connectivity index (χ4n) is 2.78. The van der Waals surface area contributed by atoms with Gasteiger partial charge in [-0.05, 0) is 25.0 Å². The summed E-state index contributed by atoms with van der Waals surface area (Å²) in [5.41, 5.74) is 0.767. The Morgan fingerprint density at radius 1 is 1.36 bits per heavy atom. The van der Waals surface area contributed by atoms with Gasteiger partial charge in [-0.2, -0.15) is 4.37 Å². The van der Waals surface area contributed by atoms with Crippen LogP contribution in [-0.4, -0.2) is 35.0 Å². The lowest BCUT2D eigenvalue weighted by molar-refractivity contribution is -0.120. The third-order valence-corrected chi connectivity index (χ3v) is 4.84. The lowest BCUT2D eigenvalue weighted by Crippen LogP contribution is -2.47. The molecule has 0 radical (unpaired) electrons. The first kappa shape index (κ1) is 17.7. The highest BCUT2D eigenvalue weighted by Crippen LogP contribution is 2.28. The molecule has 25 heavy (non-hydrogen) atoms. The van der Waals surface area contributed by atoms with Crippen molar-refractivity contribution in [3.63, 3.8) is 0 Å². The van der Waals surface area contributed by atoms with Crippen LogP contribution in [0.5, 0.6) is 5.75 Å². The average Bonchev–Trinajstić information content (AvgIpc) is 3.06. The molecular weight excluding hydrogens is 336 g/mol. The van der Waals surface area contributed by atoms with Crippen molar-refractivity contribution in [2.45, 2.75) is 45.1 Å². The summed E-state index contributed by atoms with van der Waals surface area (Å²) in [7, 11) is 1.63. The van der Waals surface area contributed by atoms with E-state index in [4.69, 9.17) is 4.74 Å². The quantitative estimate of drug-likeness (QED) is 0.904. The molecule has 1 fully saturated rings. The number of carbonyl (C=O) groups is 1. The van der Waals surface area contributed by atoms with Crippen LogP contribution < -0.4 is 15.0 Å². The number of anilines is 2. The number of nitrogens with one attached hydrogen (secondary N) is 1. The van der Waals surface area contributed by atoms with Gasteiger partial charge in [0.25, 0.3) is 0 Å². The van der Waals surface area contributed by atoms with E-state index in [1.807, 2.05) is 29.2 Å². The van der Waals surface area contributed by atoms with Crippen molar-refractivity contribution in [1.82, 2.24) is 9.36 Å². The molecule has 1 aliphatic heterocycles. The van der Waals surface area contributed by atoms with E-state index < -0.39 is 0 Å². The van der Waals surface area contributed by atoms with Gasteiger partial charge in [-0.1, -0.05) is 26.8 Å². The van der Waals surface area contributed by atoms with Gasteiger partial charge in [0.2, 0.25) is 11.0 Å². The maximum absolute atomic E-state index is 12.9. The summed E-state index contributed by atoms with van der Waals surface area (Å²) in [5.74, 6) is 1.61. The highest BCUT2D eigenvalue weighted by atomic mass is 32.1. The van der Waals surface area contributed by atoms with E-state index in [1.54, 1.807) is 7.11 Å². The van der Waals surface area contributed by atoms with E-state index in [0.29, 0.717) is 11.7 Å². The summed E-state index contributed by atoms with van der Waals surface area (Å²) in [6.45, 7) is 6.95. The molecule has 7 heteroatoms. The first-order valence-corrected chi connectivity index (χ1v) is 9.22. The van der Waals surface area contributed by atoms with Crippen LogP contribution in [0.25, 0.3) is 0 Å². The molecule has 1 aromatic carbocycles. The van der Waals surface area contributed by atoms with Crippen molar-refractivity contribution >= 4 is 28.3 Å². The fourth-order valence-corrected chi connectivity index (χ4v) is 3.59. The molecule has 1 amide bonds. The van der Waals surface area contributed by atoms with Crippen molar-refractivity contribution in [1.29, 1.82) is 0 Å². The molecule has 0 saturated carbocycles. The highest BCUT2D eigenvalue weighted by molar-refractivity contribution is 7.09. The SMILES string of the molecule is COc1cccc(N2CCCC(Nc3nc(C(C)(C)C)ns3)C2=O)c1. The van der Waals surface area contributed by atoms with Crippen molar-refractivity contribution in [2.75, 3.05) is 23.9 Å². The number of aromatic nitrogens is 2. The van der Waals surface area contributed by atoms with E-state index in [9.17, 15) is 4.79 Å². The second-order valence-electron chi connectivity index (χ2n) is 7.20. The Hall–Kier alpha value is -2.15. The Balaban J connectivity index is 1.75. The van der Waals surface area contributed by atoms with E-state index in [-0.39, 0.29) is 17.4 Å². The van der Waals surface area contributed by atoms with E-state index >= 15 is 0 Å². The summed E-state index contributed by atoms with van der Waals surface area (Å²) < 4.78 is 9.67. The number of ether oxygens (including phenoxy) is 1. The molecule has 1 saturated heterocycles. The van der Waals surface area contributed by atoms with Crippen LogP contribution in [0.2, 0.25) is 0 Å². The molecule has 0 aliphatic carbocycles. The van der Waals surface area contributed by atoms with Gasteiger partial charge in [0.05, 0.1) is 7.11 Å². The average molecular weight is 360 g/mol. The van der Waals surface area contributed by atoms with Crippen molar-refractivity contribution in [2.24, 2.45) is 0 Å². The standard InChI is InChI=1S/C18H24N4O2S/c1-18(2,3)16-20-17(25-21-16)19-14-9-6-10-22(15(14)23)12-7-5-8-13(11-12)24-4/h5,7-8,11,14H,6,9-10H2,1-4H3,(H,19,20,21). The Morgan fingerprint density at radius 2 is 2.16 bits per heavy atom. The van der Waals surface area contributed by atoms with Crippen LogP contribution in [0.15, 0.2) is 24.3 Å². The topological polar surface area (TPSA) is 67.3 Å². The van der Waals surface area contributed by atoms with Crippen molar-refractivity contribution in [3.05, 3.63) is 30.1 Å². The number of hydrogen-bond acceptors (Lipinski definition) is 6. The number of nitrogens with zero attached hydrogens (tertiary/aromatic N) is 3. The molecule has 134 valence electrons. The van der Waals surface area contributed by atoms with Gasteiger partial charge in [0, 0.05) is 35.2 Å². The minimum absolute atomic E-state index is 0.0620. The van der Waals surface area contributed by atoms with Crippen LogP contribution in [-0.2, 0) is 10.2 Å². The first-order valence-electron chi connectivity index (χ1n) is 8.44. The van der Waals surface area contributed by atoms with Crippen molar-refractivity contribution < 1.29 is 9.53 Å². The molecule has 0 bridgehead atoms. The molecule has 1 N–H and O–H groups in total. The number of piperidine rings is 1. The van der Waals surface area contributed by atoms with Crippen molar-refractivity contribution in [3.8, 4) is 5.75 Å². The Labute approximate surface area is 152 Å². The lowest BCUT2D eigenvalue weighted by Gasteiger charge is -2.32. The maximum Gasteiger partial charge on any atom is 0.249 e. The molecule has 3 rings (SSSR count). The molecule has 1 unspecified atom stereocenters. The summed E-state index contributed by atoms with van der Waals surface area (Å²) in [6, 6.07) is 7.33. The summed E-state index contributed by atoms with van der Waals surface area (Å²) in [5, 5.41) is 3.98. The molecule has 6 nitrogen and oxygen atoms in total. The van der Waals surface area contributed by atoms with Gasteiger partial charge in [0.1, 0.15) is 17.6 Å². The van der Waals surface area contributed by atoms with Crippen LogP contribution >= 0.6 is 11.5 Å². The fraction of sp³-hybridized carbons (Fsp3) is 0.500. The Bertz CT molecular complexity index is 754. The normalized spacial score (nSPS) is 18.3. The zero-order chi connectivity index (χ0) is 18.0. The number of hydrogen-bond donors (Lipinski definition) is 1. The molecule has 2 heterocycles. The highest BCUT2D eigenvalue weighted by Gasteiger charge is 2.31. The van der Waals surface area contributed by atoms with Crippen LogP contribution in [0.4, 0.5) is 10.8 Å². The van der Waals surface area contributed by atoms with Gasteiger partial charge in [-0.15, -0.1) is 0 Å². The largest absolute Gasteiger partial charge is 0.497 e. The predicted octanol–water partition coefficient (Wildman–Crippen LogP) is 3.45. The molecule has 1 atom stereocenters. The van der Waals surface area contributed by atoms with Gasteiger partial charge >= 0.3 is 0 Å². The summed E-state index contributed by atoms with van der Waals surface area (Å²) >= 11 is 1.31. The van der Waals surface area contributed by atoms with Crippen LogP contribution in [0.1, 0.15) is 39.4 Å². The number of carbonyl (C=O) groups excluding carboxylic acids is 1. The number of amides is 1. The number of benzene rings is 1. The van der Waals surface area contributed by atoms with E-state index in [2.05, 4.69) is 35.4 Å². The Morgan fingerprint density at radius 3 is 2.84 bits per heavy atom.